The Balaban J connectivity index is 2.31. The van der Waals surface area contributed by atoms with E-state index in [0.29, 0.717) is 5.39 Å². The Kier molecular flexibility index (Phi) is 2.56. The van der Waals surface area contributed by atoms with Crippen molar-refractivity contribution in [3.8, 4) is 5.69 Å². The van der Waals surface area contributed by atoms with Crippen LogP contribution in [0.3, 0.4) is 0 Å². The maximum atomic E-state index is 13.7. The van der Waals surface area contributed by atoms with Gasteiger partial charge in [0.25, 0.3) is 0 Å². The summed E-state index contributed by atoms with van der Waals surface area (Å²) in [6.45, 7) is 0. The topological polar surface area (TPSA) is 69.6 Å². The molecule has 0 spiro atoms. The zero-order chi connectivity index (χ0) is 13.6. The molecule has 2 heterocycles. The lowest BCUT2D eigenvalue weighted by Gasteiger charge is -2.04. The van der Waals surface area contributed by atoms with E-state index in [4.69, 9.17) is 17.3 Å². The lowest BCUT2D eigenvalue weighted by molar-refractivity contribution is 0.574. The zero-order valence-corrected chi connectivity index (χ0v) is 10.1. The largest absolute Gasteiger partial charge is 0.368 e. The summed E-state index contributed by atoms with van der Waals surface area (Å²) in [6.07, 6.45) is 1.39. The summed E-state index contributed by atoms with van der Waals surface area (Å²) in [5, 5.41) is 4.52. The van der Waals surface area contributed by atoms with E-state index in [1.165, 1.54) is 16.9 Å². The predicted octanol–water partition coefficient (Wildman–Crippen LogP) is 2.33. The van der Waals surface area contributed by atoms with Crippen LogP contribution in [-0.2, 0) is 0 Å². The number of nitrogens with two attached hydrogens (primary N) is 1. The second kappa shape index (κ2) is 4.13. The first-order valence-corrected chi connectivity index (χ1v) is 5.56. The SMILES string of the molecule is Nc1nc(Cl)c2cnn(-c3ccc(F)cc3F)c2n1. The van der Waals surface area contributed by atoms with Crippen molar-refractivity contribution in [1.29, 1.82) is 0 Å². The van der Waals surface area contributed by atoms with Crippen LogP contribution in [0, 0.1) is 11.6 Å². The van der Waals surface area contributed by atoms with E-state index in [1.807, 2.05) is 0 Å². The highest BCUT2D eigenvalue weighted by Crippen LogP contribution is 2.24. The molecular weight excluding hydrogens is 276 g/mol. The molecule has 0 fully saturated rings. The van der Waals surface area contributed by atoms with Gasteiger partial charge in [0.05, 0.1) is 11.6 Å². The average molecular weight is 282 g/mol. The molecule has 5 nitrogen and oxygen atoms in total. The van der Waals surface area contributed by atoms with Crippen molar-refractivity contribution in [2.75, 3.05) is 5.73 Å². The lowest BCUT2D eigenvalue weighted by Crippen LogP contribution is -2.03. The third kappa shape index (κ3) is 1.88. The Labute approximate surface area is 110 Å². The normalized spacial score (nSPS) is 11.1. The minimum atomic E-state index is -0.765. The number of benzene rings is 1. The Hall–Kier alpha value is -2.28. The van der Waals surface area contributed by atoms with E-state index in [9.17, 15) is 8.78 Å². The number of hydrogen-bond acceptors (Lipinski definition) is 4. The van der Waals surface area contributed by atoms with E-state index in [2.05, 4.69) is 15.1 Å². The minimum Gasteiger partial charge on any atom is -0.368 e. The summed E-state index contributed by atoms with van der Waals surface area (Å²) in [4.78, 5) is 7.73. The molecule has 8 heteroatoms. The fourth-order valence-electron chi connectivity index (χ4n) is 1.72. The number of nitrogens with zero attached hydrogens (tertiary/aromatic N) is 4. The van der Waals surface area contributed by atoms with E-state index in [1.54, 1.807) is 0 Å². The van der Waals surface area contributed by atoms with Crippen molar-refractivity contribution < 1.29 is 8.78 Å². The van der Waals surface area contributed by atoms with Gasteiger partial charge in [-0.05, 0) is 12.1 Å². The first-order chi connectivity index (χ1) is 9.06. The molecule has 0 unspecified atom stereocenters. The summed E-state index contributed by atoms with van der Waals surface area (Å²) >= 11 is 5.89. The minimum absolute atomic E-state index is 0.0468. The van der Waals surface area contributed by atoms with Gasteiger partial charge >= 0.3 is 0 Å². The quantitative estimate of drug-likeness (QED) is 0.695. The molecule has 0 saturated heterocycles. The van der Waals surface area contributed by atoms with Gasteiger partial charge in [0.15, 0.2) is 11.5 Å². The maximum Gasteiger partial charge on any atom is 0.223 e. The van der Waals surface area contributed by atoms with Crippen molar-refractivity contribution in [2.24, 2.45) is 0 Å². The summed E-state index contributed by atoms with van der Waals surface area (Å²) in [6, 6.07) is 3.14. The van der Waals surface area contributed by atoms with Crippen molar-refractivity contribution in [1.82, 2.24) is 19.7 Å². The molecule has 0 radical (unpaired) electrons. The van der Waals surface area contributed by atoms with E-state index >= 15 is 0 Å². The molecule has 0 atom stereocenters. The Morgan fingerprint density at radius 2 is 2.00 bits per heavy atom. The third-order valence-electron chi connectivity index (χ3n) is 2.54. The van der Waals surface area contributed by atoms with Gasteiger partial charge in [0, 0.05) is 6.07 Å². The first-order valence-electron chi connectivity index (χ1n) is 5.18. The van der Waals surface area contributed by atoms with Crippen molar-refractivity contribution >= 4 is 28.6 Å². The van der Waals surface area contributed by atoms with Crippen LogP contribution >= 0.6 is 11.6 Å². The molecule has 3 aromatic rings. The smallest absolute Gasteiger partial charge is 0.223 e. The average Bonchev–Trinajstić information content (AvgIpc) is 2.73. The summed E-state index contributed by atoms with van der Waals surface area (Å²) in [5.74, 6) is -1.50. The van der Waals surface area contributed by atoms with Crippen LogP contribution in [-0.4, -0.2) is 19.7 Å². The predicted molar refractivity (Wildman–Crippen MR) is 66.0 cm³/mol. The summed E-state index contributed by atoms with van der Waals surface area (Å²) in [7, 11) is 0. The molecule has 2 aromatic heterocycles. The van der Waals surface area contributed by atoms with Crippen LogP contribution in [0.5, 0.6) is 0 Å². The molecule has 2 N–H and O–H groups in total. The van der Waals surface area contributed by atoms with E-state index in [0.717, 1.165) is 12.1 Å². The number of aromatic nitrogens is 4. The summed E-state index contributed by atoms with van der Waals surface area (Å²) in [5.41, 5.74) is 5.79. The van der Waals surface area contributed by atoms with Crippen molar-refractivity contribution in [2.45, 2.75) is 0 Å². The van der Waals surface area contributed by atoms with Gasteiger partial charge in [-0.1, -0.05) is 11.6 Å². The molecule has 1 aromatic carbocycles. The number of halogens is 3. The Morgan fingerprint density at radius 3 is 2.74 bits per heavy atom. The second-order valence-electron chi connectivity index (χ2n) is 3.76. The highest BCUT2D eigenvalue weighted by atomic mass is 35.5. The fourth-order valence-corrected chi connectivity index (χ4v) is 1.94. The molecule has 0 bridgehead atoms. The summed E-state index contributed by atoms with van der Waals surface area (Å²) < 4.78 is 27.8. The number of fused-ring (bicyclic) bond motifs is 1. The molecule has 0 aliphatic rings. The third-order valence-corrected chi connectivity index (χ3v) is 2.83. The number of nitrogen functional groups attached to an aromatic ring is 1. The van der Waals surface area contributed by atoms with E-state index in [-0.39, 0.29) is 22.4 Å². The van der Waals surface area contributed by atoms with Crippen molar-refractivity contribution in [3.05, 3.63) is 41.2 Å². The van der Waals surface area contributed by atoms with Crippen LogP contribution in [0.2, 0.25) is 5.15 Å². The van der Waals surface area contributed by atoms with Gasteiger partial charge in [0.1, 0.15) is 16.7 Å². The van der Waals surface area contributed by atoms with Crippen LogP contribution in [0.25, 0.3) is 16.7 Å². The highest BCUT2D eigenvalue weighted by Gasteiger charge is 2.14. The maximum absolute atomic E-state index is 13.7. The van der Waals surface area contributed by atoms with Crippen LogP contribution in [0.15, 0.2) is 24.4 Å². The number of hydrogen-bond donors (Lipinski definition) is 1. The van der Waals surface area contributed by atoms with Crippen LogP contribution in [0.1, 0.15) is 0 Å². The molecule has 0 amide bonds. The van der Waals surface area contributed by atoms with Gasteiger partial charge in [0.2, 0.25) is 5.95 Å². The van der Waals surface area contributed by atoms with Crippen molar-refractivity contribution in [3.63, 3.8) is 0 Å². The van der Waals surface area contributed by atoms with Gasteiger partial charge in [-0.3, -0.25) is 0 Å². The molecule has 0 saturated carbocycles. The fraction of sp³-hybridized carbons (Fsp3) is 0. The monoisotopic (exact) mass is 281 g/mol. The molecule has 0 aliphatic heterocycles. The van der Waals surface area contributed by atoms with Crippen LogP contribution in [0.4, 0.5) is 14.7 Å². The van der Waals surface area contributed by atoms with Gasteiger partial charge < -0.3 is 5.73 Å². The standard InChI is InChI=1S/C11H6ClF2N5/c12-9-6-4-16-19(10(6)18-11(15)17-9)8-2-1-5(13)3-7(8)14/h1-4H,(H2,15,17,18). The molecule has 19 heavy (non-hydrogen) atoms. The van der Waals surface area contributed by atoms with E-state index < -0.39 is 11.6 Å². The second-order valence-corrected chi connectivity index (χ2v) is 4.12. The Bertz CT molecular complexity index is 786. The lowest BCUT2D eigenvalue weighted by atomic mass is 10.3. The van der Waals surface area contributed by atoms with Gasteiger partial charge in [-0.15, -0.1) is 0 Å². The Morgan fingerprint density at radius 1 is 1.21 bits per heavy atom. The van der Waals surface area contributed by atoms with Gasteiger partial charge in [-0.2, -0.15) is 10.1 Å². The number of anilines is 1. The zero-order valence-electron chi connectivity index (χ0n) is 9.31. The molecule has 3 rings (SSSR count). The molecular formula is C11H6ClF2N5. The van der Waals surface area contributed by atoms with Gasteiger partial charge in [-0.25, -0.2) is 18.4 Å². The molecule has 96 valence electrons. The molecule has 0 aliphatic carbocycles. The first kappa shape index (κ1) is 11.8. The number of rotatable bonds is 1. The van der Waals surface area contributed by atoms with Crippen LogP contribution < -0.4 is 5.73 Å². The highest BCUT2D eigenvalue weighted by molar-refractivity contribution is 6.34.